The topological polar surface area (TPSA) is 141 Å². The van der Waals surface area contributed by atoms with Crippen LogP contribution in [-0.4, -0.2) is 44.4 Å². The number of hydrogen-bond acceptors (Lipinski definition) is 8. The van der Waals surface area contributed by atoms with E-state index in [0.29, 0.717) is 28.1 Å². The maximum Gasteiger partial charge on any atom is 0.273 e. The van der Waals surface area contributed by atoms with E-state index in [0.717, 1.165) is 11.8 Å². The molecule has 4 aromatic rings. The van der Waals surface area contributed by atoms with Crippen molar-refractivity contribution in [3.05, 3.63) is 99.6 Å². The number of nitrogens with one attached hydrogen (secondary N) is 2. The lowest BCUT2D eigenvalue weighted by Gasteiger charge is -2.14. The number of benzene rings is 3. The molecule has 0 aliphatic heterocycles. The van der Waals surface area contributed by atoms with Crippen molar-refractivity contribution < 1.29 is 23.6 Å². The Morgan fingerprint density at radius 3 is 2.54 bits per heavy atom. The highest BCUT2D eigenvalue weighted by Crippen LogP contribution is 2.29. The first-order chi connectivity index (χ1) is 18.8. The van der Waals surface area contributed by atoms with Gasteiger partial charge in [0.2, 0.25) is 5.91 Å². The first kappa shape index (κ1) is 27.3. The number of carbonyl (C=O) groups is 2. The standard InChI is InChI=1S/C26H23FN6O5S/c1-16-19(6-5-8-20(16)33(36)37)25(35)28-14-23-30-31-26(32(23)21-7-3-4-9-22(21)38-2)39-15-24(34)29-18-12-10-17(27)11-13-18/h3-13H,14-15H2,1-2H3,(H,28,35)(H,29,34). The lowest BCUT2D eigenvalue weighted by molar-refractivity contribution is -0.385. The minimum atomic E-state index is -0.542. The van der Waals surface area contributed by atoms with Gasteiger partial charge in [-0.25, -0.2) is 4.39 Å². The molecule has 0 aliphatic rings. The van der Waals surface area contributed by atoms with E-state index in [1.165, 1.54) is 56.5 Å². The summed E-state index contributed by atoms with van der Waals surface area (Å²) in [5, 5.41) is 25.5. The van der Waals surface area contributed by atoms with Gasteiger partial charge in [-0.3, -0.25) is 24.3 Å². The van der Waals surface area contributed by atoms with Crippen molar-refractivity contribution in [3.8, 4) is 11.4 Å². The van der Waals surface area contributed by atoms with Crippen molar-refractivity contribution in [1.29, 1.82) is 0 Å². The van der Waals surface area contributed by atoms with Gasteiger partial charge >= 0.3 is 0 Å². The van der Waals surface area contributed by atoms with Gasteiger partial charge in [-0.1, -0.05) is 30.0 Å². The second-order valence-electron chi connectivity index (χ2n) is 8.14. The Morgan fingerprint density at radius 1 is 1.08 bits per heavy atom. The van der Waals surface area contributed by atoms with Crippen LogP contribution in [0.5, 0.6) is 5.75 Å². The van der Waals surface area contributed by atoms with Crippen LogP contribution in [-0.2, 0) is 11.3 Å². The number of hydrogen-bond donors (Lipinski definition) is 2. The monoisotopic (exact) mass is 550 g/mol. The van der Waals surface area contributed by atoms with E-state index in [2.05, 4.69) is 20.8 Å². The number of para-hydroxylation sites is 2. The summed E-state index contributed by atoms with van der Waals surface area (Å²) in [5.74, 6) is -0.429. The van der Waals surface area contributed by atoms with E-state index in [-0.39, 0.29) is 35.0 Å². The van der Waals surface area contributed by atoms with Crippen LogP contribution < -0.4 is 15.4 Å². The molecule has 13 heteroatoms. The Labute approximate surface area is 226 Å². The number of thioether (sulfide) groups is 1. The van der Waals surface area contributed by atoms with Gasteiger partial charge in [-0.2, -0.15) is 0 Å². The molecule has 1 aromatic heterocycles. The average molecular weight is 551 g/mol. The SMILES string of the molecule is COc1ccccc1-n1c(CNC(=O)c2cccc([N+](=O)[O-])c2C)nnc1SCC(=O)Nc1ccc(F)cc1. The molecule has 2 amide bonds. The molecular weight excluding hydrogens is 527 g/mol. The number of aromatic nitrogens is 3. The summed E-state index contributed by atoms with van der Waals surface area (Å²) < 4.78 is 20.3. The summed E-state index contributed by atoms with van der Waals surface area (Å²) in [6.45, 7) is 1.45. The van der Waals surface area contributed by atoms with Gasteiger partial charge in [-0.05, 0) is 49.4 Å². The number of nitro benzene ring substituents is 1. The molecule has 0 bridgehead atoms. The number of amides is 2. The molecule has 0 unspecified atom stereocenters. The zero-order valence-electron chi connectivity index (χ0n) is 20.9. The summed E-state index contributed by atoms with van der Waals surface area (Å²) in [6, 6.07) is 16.8. The number of nitrogens with zero attached hydrogens (tertiary/aromatic N) is 4. The van der Waals surface area contributed by atoms with Crippen LogP contribution in [0.1, 0.15) is 21.7 Å². The molecule has 0 saturated heterocycles. The molecule has 0 aliphatic carbocycles. The predicted molar refractivity (Wildman–Crippen MR) is 143 cm³/mol. The summed E-state index contributed by atoms with van der Waals surface area (Å²) in [4.78, 5) is 36.1. The van der Waals surface area contributed by atoms with Crippen molar-refractivity contribution >= 4 is 35.0 Å². The van der Waals surface area contributed by atoms with Crippen LogP contribution >= 0.6 is 11.8 Å². The summed E-state index contributed by atoms with van der Waals surface area (Å²) >= 11 is 1.11. The maximum absolute atomic E-state index is 13.1. The van der Waals surface area contributed by atoms with Crippen molar-refractivity contribution in [2.75, 3.05) is 18.2 Å². The zero-order valence-corrected chi connectivity index (χ0v) is 21.7. The largest absolute Gasteiger partial charge is 0.495 e. The minimum Gasteiger partial charge on any atom is -0.495 e. The van der Waals surface area contributed by atoms with Gasteiger partial charge in [0.05, 0.1) is 30.0 Å². The quantitative estimate of drug-likeness (QED) is 0.169. The van der Waals surface area contributed by atoms with Gasteiger partial charge in [0, 0.05) is 22.9 Å². The molecule has 11 nitrogen and oxygen atoms in total. The van der Waals surface area contributed by atoms with Crippen molar-refractivity contribution in [2.45, 2.75) is 18.6 Å². The second kappa shape index (κ2) is 12.2. The van der Waals surface area contributed by atoms with Gasteiger partial charge in [-0.15, -0.1) is 10.2 Å². The number of anilines is 1. The molecule has 0 spiro atoms. The highest BCUT2D eigenvalue weighted by atomic mass is 32.2. The Balaban J connectivity index is 1.56. The van der Waals surface area contributed by atoms with Gasteiger partial charge in [0.25, 0.3) is 11.6 Å². The van der Waals surface area contributed by atoms with E-state index in [9.17, 15) is 24.1 Å². The van der Waals surface area contributed by atoms with E-state index >= 15 is 0 Å². The lowest BCUT2D eigenvalue weighted by atomic mass is 10.1. The highest BCUT2D eigenvalue weighted by molar-refractivity contribution is 7.99. The number of carbonyl (C=O) groups excluding carboxylic acids is 2. The number of rotatable bonds is 10. The molecule has 0 fully saturated rings. The van der Waals surface area contributed by atoms with Crippen molar-refractivity contribution in [3.63, 3.8) is 0 Å². The van der Waals surface area contributed by atoms with Crippen molar-refractivity contribution in [2.24, 2.45) is 0 Å². The molecule has 2 N–H and O–H groups in total. The first-order valence-electron chi connectivity index (χ1n) is 11.6. The van der Waals surface area contributed by atoms with E-state index in [1.54, 1.807) is 28.8 Å². The predicted octanol–water partition coefficient (Wildman–Crippen LogP) is 4.29. The number of ether oxygens (including phenoxy) is 1. The molecule has 0 radical (unpaired) electrons. The molecule has 3 aromatic carbocycles. The summed E-state index contributed by atoms with van der Waals surface area (Å²) in [6.07, 6.45) is 0. The Kier molecular flexibility index (Phi) is 8.51. The smallest absolute Gasteiger partial charge is 0.273 e. The number of nitro groups is 1. The van der Waals surface area contributed by atoms with E-state index < -0.39 is 16.6 Å². The van der Waals surface area contributed by atoms with Crippen LogP contribution in [0, 0.1) is 22.9 Å². The third-order valence-electron chi connectivity index (χ3n) is 5.64. The maximum atomic E-state index is 13.1. The Hall–Kier alpha value is -4.78. The third kappa shape index (κ3) is 6.38. The third-order valence-corrected chi connectivity index (χ3v) is 6.57. The summed E-state index contributed by atoms with van der Waals surface area (Å²) in [7, 11) is 1.51. The fourth-order valence-corrected chi connectivity index (χ4v) is 4.51. The molecule has 0 saturated carbocycles. The molecule has 0 atom stereocenters. The fraction of sp³-hybridized carbons (Fsp3) is 0.154. The van der Waals surface area contributed by atoms with Gasteiger partial charge in [0.1, 0.15) is 11.6 Å². The highest BCUT2D eigenvalue weighted by Gasteiger charge is 2.21. The first-order valence-corrected chi connectivity index (χ1v) is 12.5. The van der Waals surface area contributed by atoms with Gasteiger partial charge < -0.3 is 15.4 Å². The van der Waals surface area contributed by atoms with Crippen LogP contribution in [0.2, 0.25) is 0 Å². The minimum absolute atomic E-state index is 0.0239. The van der Waals surface area contributed by atoms with E-state index in [1.807, 2.05) is 0 Å². The average Bonchev–Trinajstić information content (AvgIpc) is 3.34. The van der Waals surface area contributed by atoms with E-state index in [4.69, 9.17) is 4.74 Å². The normalized spacial score (nSPS) is 10.6. The zero-order chi connectivity index (χ0) is 27.9. The molecule has 200 valence electrons. The second-order valence-corrected chi connectivity index (χ2v) is 9.08. The van der Waals surface area contributed by atoms with Crippen molar-refractivity contribution in [1.82, 2.24) is 20.1 Å². The molecule has 4 rings (SSSR count). The Morgan fingerprint density at radius 2 is 1.82 bits per heavy atom. The van der Waals surface area contributed by atoms with Crippen LogP contribution in [0.4, 0.5) is 15.8 Å². The van der Waals surface area contributed by atoms with Crippen LogP contribution in [0.25, 0.3) is 5.69 Å². The van der Waals surface area contributed by atoms with Crippen LogP contribution in [0.3, 0.4) is 0 Å². The lowest BCUT2D eigenvalue weighted by Crippen LogP contribution is -2.25. The number of halogens is 1. The molecular formula is C26H23FN6O5S. The molecule has 39 heavy (non-hydrogen) atoms. The number of methoxy groups -OCH3 is 1. The van der Waals surface area contributed by atoms with Gasteiger partial charge in [0.15, 0.2) is 11.0 Å². The molecule has 1 heterocycles. The fourth-order valence-electron chi connectivity index (χ4n) is 3.75. The Bertz CT molecular complexity index is 1530. The van der Waals surface area contributed by atoms with Crippen LogP contribution in [0.15, 0.2) is 71.9 Å². The summed E-state index contributed by atoms with van der Waals surface area (Å²) in [5.41, 5.74) is 1.29.